The van der Waals surface area contributed by atoms with Crippen LogP contribution in [-0.4, -0.2) is 9.97 Å². The standard InChI is InChI=1S/C4H2IN2O2/c5-2-1-6-4(9)7-3(2)8/h(H2,6,7,8,9). The van der Waals surface area contributed by atoms with Crippen LogP contribution in [0.1, 0.15) is 0 Å². The van der Waals surface area contributed by atoms with Gasteiger partial charge in [0, 0.05) is 0 Å². The molecule has 1 aromatic rings. The van der Waals surface area contributed by atoms with Crippen molar-refractivity contribution in [3.05, 3.63) is 30.6 Å². The van der Waals surface area contributed by atoms with Gasteiger partial charge in [-0.1, -0.05) is 0 Å². The second-order valence-electron chi connectivity index (χ2n) is 1.35. The summed E-state index contributed by atoms with van der Waals surface area (Å²) in [6.07, 6.45) is 2.37. The summed E-state index contributed by atoms with van der Waals surface area (Å²) >= 11 is 1.77. The molecule has 0 spiro atoms. The van der Waals surface area contributed by atoms with Gasteiger partial charge in [0.2, 0.25) is 0 Å². The first-order chi connectivity index (χ1) is 4.20. The molecule has 1 aromatic heterocycles. The molecule has 0 aliphatic carbocycles. The van der Waals surface area contributed by atoms with E-state index in [4.69, 9.17) is 0 Å². The van der Waals surface area contributed by atoms with Crippen molar-refractivity contribution in [1.82, 2.24) is 9.97 Å². The third-order valence-corrected chi connectivity index (χ3v) is 1.47. The summed E-state index contributed by atoms with van der Waals surface area (Å²) < 4.78 is 0.354. The normalized spacial score (nSPS) is 9.44. The molecule has 9 heavy (non-hydrogen) atoms. The molecular weight excluding hydrogens is 235 g/mol. The number of aromatic amines is 2. The lowest BCUT2D eigenvalue weighted by atomic mass is 10.7. The fourth-order valence-electron chi connectivity index (χ4n) is 0.358. The Morgan fingerprint density at radius 3 is 2.56 bits per heavy atom. The van der Waals surface area contributed by atoms with Gasteiger partial charge < -0.3 is 4.98 Å². The number of rotatable bonds is 0. The van der Waals surface area contributed by atoms with Crippen molar-refractivity contribution in [2.45, 2.75) is 0 Å². The van der Waals surface area contributed by atoms with Gasteiger partial charge in [0.25, 0.3) is 5.56 Å². The third-order valence-electron chi connectivity index (χ3n) is 0.712. The van der Waals surface area contributed by atoms with E-state index in [0.29, 0.717) is 3.57 Å². The smallest absolute Gasteiger partial charge is 0.304 e. The maximum Gasteiger partial charge on any atom is 0.326 e. The Morgan fingerprint density at radius 1 is 1.44 bits per heavy atom. The van der Waals surface area contributed by atoms with Crippen LogP contribution < -0.4 is 11.2 Å². The van der Waals surface area contributed by atoms with Crippen LogP contribution >= 0.6 is 22.6 Å². The summed E-state index contributed by atoms with van der Waals surface area (Å²) in [5.41, 5.74) is -0.931. The van der Waals surface area contributed by atoms with E-state index in [9.17, 15) is 9.59 Å². The van der Waals surface area contributed by atoms with Crippen molar-refractivity contribution in [3.8, 4) is 0 Å². The minimum atomic E-state index is -0.527. The van der Waals surface area contributed by atoms with Gasteiger partial charge in [-0.05, 0) is 22.6 Å². The second-order valence-corrected chi connectivity index (χ2v) is 2.43. The van der Waals surface area contributed by atoms with Crippen molar-refractivity contribution >= 4 is 22.6 Å². The number of H-pyrrole nitrogens is 2. The largest absolute Gasteiger partial charge is 0.326 e. The van der Waals surface area contributed by atoms with E-state index in [2.05, 4.69) is 11.2 Å². The molecule has 0 saturated heterocycles. The van der Waals surface area contributed by atoms with Crippen LogP contribution in [0, 0.1) is 9.77 Å². The van der Waals surface area contributed by atoms with E-state index in [1.54, 1.807) is 22.6 Å². The first-order valence-electron chi connectivity index (χ1n) is 2.10. The van der Waals surface area contributed by atoms with Crippen molar-refractivity contribution in [1.29, 1.82) is 0 Å². The van der Waals surface area contributed by atoms with Gasteiger partial charge in [-0.15, -0.1) is 0 Å². The highest BCUT2D eigenvalue weighted by atomic mass is 127. The van der Waals surface area contributed by atoms with Crippen LogP contribution in [0.2, 0.25) is 0 Å². The molecule has 0 aliphatic heterocycles. The zero-order valence-electron chi connectivity index (χ0n) is 4.19. The van der Waals surface area contributed by atoms with Gasteiger partial charge in [-0.2, -0.15) is 0 Å². The lowest BCUT2D eigenvalue weighted by molar-refractivity contribution is 1.01. The van der Waals surface area contributed by atoms with Gasteiger partial charge >= 0.3 is 5.69 Å². The fourth-order valence-corrected chi connectivity index (χ4v) is 0.627. The molecule has 0 unspecified atom stereocenters. The number of nitrogens with one attached hydrogen (secondary N) is 2. The van der Waals surface area contributed by atoms with Crippen LogP contribution in [0.15, 0.2) is 9.59 Å². The molecule has 5 heteroatoms. The molecule has 0 saturated carbocycles. The van der Waals surface area contributed by atoms with Gasteiger partial charge in [0.15, 0.2) is 0 Å². The lowest BCUT2D eigenvalue weighted by Gasteiger charge is -1.81. The Hall–Kier alpha value is -0.590. The molecule has 2 N–H and O–H groups in total. The maximum atomic E-state index is 10.5. The predicted molar refractivity (Wildman–Crippen MR) is 39.2 cm³/mol. The Morgan fingerprint density at radius 2 is 2.11 bits per heavy atom. The topological polar surface area (TPSA) is 65.7 Å². The van der Waals surface area contributed by atoms with Crippen molar-refractivity contribution in [2.24, 2.45) is 0 Å². The molecule has 0 bridgehead atoms. The molecule has 1 heterocycles. The number of aromatic nitrogens is 2. The second kappa shape index (κ2) is 2.34. The zero-order chi connectivity index (χ0) is 6.85. The zero-order valence-corrected chi connectivity index (χ0v) is 6.35. The summed E-state index contributed by atoms with van der Waals surface area (Å²) in [6, 6.07) is 0. The van der Waals surface area contributed by atoms with Crippen molar-refractivity contribution < 1.29 is 0 Å². The van der Waals surface area contributed by atoms with Gasteiger partial charge in [-0.3, -0.25) is 9.78 Å². The third kappa shape index (κ3) is 1.41. The van der Waals surface area contributed by atoms with E-state index in [0.717, 1.165) is 0 Å². The summed E-state index contributed by atoms with van der Waals surface area (Å²) in [5, 5.41) is 0. The molecule has 47 valence electrons. The van der Waals surface area contributed by atoms with E-state index in [1.807, 2.05) is 4.98 Å². The van der Waals surface area contributed by atoms with Crippen LogP contribution in [0.5, 0.6) is 0 Å². The molecule has 4 nitrogen and oxygen atoms in total. The monoisotopic (exact) mass is 237 g/mol. The quantitative estimate of drug-likeness (QED) is 0.595. The summed E-state index contributed by atoms with van der Waals surface area (Å²) in [4.78, 5) is 25.1. The van der Waals surface area contributed by atoms with Gasteiger partial charge in [0.05, 0.1) is 6.20 Å². The summed E-state index contributed by atoms with van der Waals surface area (Å²) in [7, 11) is 0. The van der Waals surface area contributed by atoms with E-state index >= 15 is 0 Å². The van der Waals surface area contributed by atoms with E-state index < -0.39 is 11.2 Å². The van der Waals surface area contributed by atoms with Crippen LogP contribution in [0.3, 0.4) is 0 Å². The van der Waals surface area contributed by atoms with Gasteiger partial charge in [-0.25, -0.2) is 4.79 Å². The van der Waals surface area contributed by atoms with Gasteiger partial charge in [0.1, 0.15) is 3.57 Å². The predicted octanol–water partition coefficient (Wildman–Crippen LogP) is -0.532. The summed E-state index contributed by atoms with van der Waals surface area (Å²) in [6.45, 7) is 0. The van der Waals surface area contributed by atoms with Crippen molar-refractivity contribution in [3.63, 3.8) is 0 Å². The maximum absolute atomic E-state index is 10.5. The van der Waals surface area contributed by atoms with E-state index in [1.165, 1.54) is 0 Å². The first kappa shape index (κ1) is 6.53. The molecule has 0 aliphatic rings. The number of halogens is 1. The fraction of sp³-hybridized carbons (Fsp3) is 0. The Balaban J connectivity index is 3.52. The highest BCUT2D eigenvalue weighted by Gasteiger charge is 1.91. The van der Waals surface area contributed by atoms with Crippen molar-refractivity contribution in [2.75, 3.05) is 0 Å². The lowest BCUT2D eigenvalue weighted by Crippen LogP contribution is -2.23. The van der Waals surface area contributed by atoms with E-state index in [-0.39, 0.29) is 0 Å². The Bertz CT molecular complexity index is 313. The average molecular weight is 237 g/mol. The molecule has 1 radical (unpaired) electrons. The molecule has 1 rings (SSSR count). The highest BCUT2D eigenvalue weighted by molar-refractivity contribution is 14.1. The van der Waals surface area contributed by atoms with Crippen LogP contribution in [-0.2, 0) is 0 Å². The first-order valence-corrected chi connectivity index (χ1v) is 3.18. The highest BCUT2D eigenvalue weighted by Crippen LogP contribution is 1.86. The molecule has 0 atom stereocenters. The number of hydrogen-bond acceptors (Lipinski definition) is 2. The Labute approximate surface area is 63.5 Å². The summed E-state index contributed by atoms with van der Waals surface area (Å²) in [5.74, 6) is 0. The van der Waals surface area contributed by atoms with Crippen LogP contribution in [0.4, 0.5) is 0 Å². The average Bonchev–Trinajstić information content (AvgIpc) is 1.80. The number of hydrogen-bond donors (Lipinski definition) is 2. The molecular formula is C4H2IN2O2. The Kier molecular flexibility index (Phi) is 1.70. The molecule has 0 aromatic carbocycles. The van der Waals surface area contributed by atoms with Crippen LogP contribution in [0.25, 0.3) is 0 Å². The molecule has 0 fully saturated rings. The molecule has 0 amide bonds. The minimum absolute atomic E-state index is 0.354. The SMILES string of the molecule is O=c1[nH][c]c(I)c(=O)[nH]1. The minimum Gasteiger partial charge on any atom is -0.304 e.